The molecule has 3 nitrogen and oxygen atoms in total. The lowest BCUT2D eigenvalue weighted by Gasteiger charge is -1.79. The van der Waals surface area contributed by atoms with Crippen molar-refractivity contribution in [2.45, 2.75) is 19.8 Å². The summed E-state index contributed by atoms with van der Waals surface area (Å²) in [5, 5.41) is 15.4. The lowest BCUT2D eigenvalue weighted by molar-refractivity contribution is -0.137. The third-order valence-electron chi connectivity index (χ3n) is 0.555. The van der Waals surface area contributed by atoms with E-state index in [2.05, 4.69) is 6.58 Å². The standard InChI is InChI=1S/C4H8O2.C3H3N/c1-2-3-4(5)6;1-2-3-4/h2-3H2,1H3,(H,5,6);2H,1H2. The number of allylic oxidation sites excluding steroid dienone is 1. The zero-order valence-electron chi connectivity index (χ0n) is 6.00. The summed E-state index contributed by atoms with van der Waals surface area (Å²) in [6.07, 6.45) is 2.20. The minimum Gasteiger partial charge on any atom is -0.481 e. The number of carboxylic acids is 1. The molecule has 3 heteroatoms. The Labute approximate surface area is 60.6 Å². The molecule has 1 N–H and O–H groups in total. The van der Waals surface area contributed by atoms with Crippen LogP contribution in [0.3, 0.4) is 0 Å². The number of aliphatic carboxylic acids is 1. The molecule has 0 aliphatic rings. The van der Waals surface area contributed by atoms with Crippen LogP contribution in [-0.2, 0) is 4.79 Å². The van der Waals surface area contributed by atoms with Crippen molar-refractivity contribution in [3.05, 3.63) is 12.7 Å². The average Bonchev–Trinajstić information content (AvgIpc) is 1.89. The highest BCUT2D eigenvalue weighted by molar-refractivity contribution is 5.66. The van der Waals surface area contributed by atoms with Crippen molar-refractivity contribution < 1.29 is 9.90 Å². The van der Waals surface area contributed by atoms with Gasteiger partial charge in [-0.15, -0.1) is 0 Å². The highest BCUT2D eigenvalue weighted by Gasteiger charge is 1.87. The SMILES string of the molecule is C=CC#N.CCCC(=O)O. The van der Waals surface area contributed by atoms with Gasteiger partial charge in [-0.3, -0.25) is 4.79 Å². The Bertz CT molecular complexity index is 135. The van der Waals surface area contributed by atoms with Gasteiger partial charge in [-0.2, -0.15) is 5.26 Å². The molecular weight excluding hydrogens is 130 g/mol. The molecule has 0 unspecified atom stereocenters. The first-order chi connectivity index (χ1) is 4.68. The van der Waals surface area contributed by atoms with Crippen molar-refractivity contribution in [2.75, 3.05) is 0 Å². The number of rotatable bonds is 2. The van der Waals surface area contributed by atoms with Gasteiger partial charge in [0, 0.05) is 12.5 Å². The zero-order valence-corrected chi connectivity index (χ0v) is 6.00. The van der Waals surface area contributed by atoms with Gasteiger partial charge < -0.3 is 5.11 Å². The largest absolute Gasteiger partial charge is 0.481 e. The molecule has 56 valence electrons. The van der Waals surface area contributed by atoms with E-state index in [1.54, 1.807) is 6.07 Å². The summed E-state index contributed by atoms with van der Waals surface area (Å²) in [4.78, 5) is 9.60. The fraction of sp³-hybridized carbons (Fsp3) is 0.429. The monoisotopic (exact) mass is 141 g/mol. The van der Waals surface area contributed by atoms with Crippen LogP contribution in [0.2, 0.25) is 0 Å². The van der Waals surface area contributed by atoms with Gasteiger partial charge in [0.1, 0.15) is 0 Å². The molecule has 0 rings (SSSR count). The van der Waals surface area contributed by atoms with Crippen molar-refractivity contribution in [1.29, 1.82) is 5.26 Å². The molecule has 10 heavy (non-hydrogen) atoms. The fourth-order valence-electron chi connectivity index (χ4n) is 0.214. The normalized spacial score (nSPS) is 6.40. The van der Waals surface area contributed by atoms with Crippen LogP contribution >= 0.6 is 0 Å². The Kier molecular flexibility index (Phi) is 12.2. The van der Waals surface area contributed by atoms with Crippen molar-refractivity contribution in [3.8, 4) is 6.07 Å². The molecule has 0 aromatic carbocycles. The van der Waals surface area contributed by atoms with Crippen LogP contribution in [0.5, 0.6) is 0 Å². The third kappa shape index (κ3) is 29.9. The molecule has 0 amide bonds. The second-order valence-corrected chi connectivity index (χ2v) is 1.48. The summed E-state index contributed by atoms with van der Waals surface area (Å²) in [6.45, 7) is 4.96. The quantitative estimate of drug-likeness (QED) is 0.593. The topological polar surface area (TPSA) is 61.1 Å². The van der Waals surface area contributed by atoms with E-state index < -0.39 is 5.97 Å². The van der Waals surface area contributed by atoms with Gasteiger partial charge in [-0.1, -0.05) is 13.5 Å². The molecule has 0 fully saturated rings. The van der Waals surface area contributed by atoms with Crippen molar-refractivity contribution in [2.24, 2.45) is 0 Å². The molecule has 0 aromatic heterocycles. The highest BCUT2D eigenvalue weighted by Crippen LogP contribution is 1.82. The fourth-order valence-corrected chi connectivity index (χ4v) is 0.214. The summed E-state index contributed by atoms with van der Waals surface area (Å²) in [7, 11) is 0. The molecule has 0 atom stereocenters. The van der Waals surface area contributed by atoms with Gasteiger partial charge in [-0.05, 0) is 6.42 Å². The van der Waals surface area contributed by atoms with Gasteiger partial charge in [0.2, 0.25) is 0 Å². The van der Waals surface area contributed by atoms with Gasteiger partial charge in [-0.25, -0.2) is 0 Å². The van der Waals surface area contributed by atoms with Crippen LogP contribution < -0.4 is 0 Å². The molecular formula is C7H11NO2. The molecule has 0 aliphatic heterocycles. The Morgan fingerprint density at radius 1 is 1.90 bits per heavy atom. The van der Waals surface area contributed by atoms with Gasteiger partial charge in [0.25, 0.3) is 0 Å². The van der Waals surface area contributed by atoms with Crippen molar-refractivity contribution in [1.82, 2.24) is 0 Å². The van der Waals surface area contributed by atoms with Crippen LogP contribution in [0, 0.1) is 11.3 Å². The van der Waals surface area contributed by atoms with E-state index in [-0.39, 0.29) is 0 Å². The first-order valence-corrected chi connectivity index (χ1v) is 2.91. The Balaban J connectivity index is 0. The van der Waals surface area contributed by atoms with Crippen LogP contribution in [0.1, 0.15) is 19.8 Å². The van der Waals surface area contributed by atoms with Crippen molar-refractivity contribution in [3.63, 3.8) is 0 Å². The van der Waals surface area contributed by atoms with Crippen LogP contribution in [0.25, 0.3) is 0 Å². The molecule has 0 aromatic rings. The maximum absolute atomic E-state index is 9.60. The first-order valence-electron chi connectivity index (χ1n) is 2.91. The van der Waals surface area contributed by atoms with Crippen LogP contribution in [0.4, 0.5) is 0 Å². The number of nitrogens with zero attached hydrogens (tertiary/aromatic N) is 1. The summed E-state index contributed by atoms with van der Waals surface area (Å²) < 4.78 is 0. The van der Waals surface area contributed by atoms with E-state index in [1.165, 1.54) is 6.08 Å². The predicted molar refractivity (Wildman–Crippen MR) is 38.4 cm³/mol. The number of hydrogen-bond donors (Lipinski definition) is 1. The molecule has 0 bridgehead atoms. The zero-order chi connectivity index (χ0) is 8.41. The average molecular weight is 141 g/mol. The molecule has 0 saturated heterocycles. The van der Waals surface area contributed by atoms with Crippen LogP contribution in [0.15, 0.2) is 12.7 Å². The minimum absolute atomic E-state index is 0.292. The van der Waals surface area contributed by atoms with Gasteiger partial charge >= 0.3 is 5.97 Å². The molecule has 0 aliphatic carbocycles. The predicted octanol–water partition coefficient (Wildman–Crippen LogP) is 1.57. The van der Waals surface area contributed by atoms with E-state index in [0.29, 0.717) is 6.42 Å². The Morgan fingerprint density at radius 2 is 2.30 bits per heavy atom. The van der Waals surface area contributed by atoms with Crippen molar-refractivity contribution >= 4 is 5.97 Å². The lowest BCUT2D eigenvalue weighted by atomic mass is 10.4. The van der Waals surface area contributed by atoms with Gasteiger partial charge in [0.05, 0.1) is 6.07 Å². The van der Waals surface area contributed by atoms with E-state index in [1.807, 2.05) is 6.92 Å². The van der Waals surface area contributed by atoms with Gasteiger partial charge in [0.15, 0.2) is 0 Å². The lowest BCUT2D eigenvalue weighted by Crippen LogP contribution is -1.90. The summed E-state index contributed by atoms with van der Waals surface area (Å²) >= 11 is 0. The number of hydrogen-bond acceptors (Lipinski definition) is 2. The van der Waals surface area contributed by atoms with E-state index >= 15 is 0 Å². The summed E-state index contributed by atoms with van der Waals surface area (Å²) in [6, 6.07) is 1.69. The molecule has 0 radical (unpaired) electrons. The first kappa shape index (κ1) is 11.5. The number of nitriles is 1. The van der Waals surface area contributed by atoms with E-state index in [0.717, 1.165) is 6.42 Å². The summed E-state index contributed by atoms with van der Waals surface area (Å²) in [5.74, 6) is -0.711. The number of carboxylic acid groups (broad SMARTS) is 1. The Morgan fingerprint density at radius 3 is 2.30 bits per heavy atom. The third-order valence-corrected chi connectivity index (χ3v) is 0.555. The second-order valence-electron chi connectivity index (χ2n) is 1.48. The van der Waals surface area contributed by atoms with E-state index in [9.17, 15) is 4.79 Å². The Hall–Kier alpha value is -1.30. The van der Waals surface area contributed by atoms with E-state index in [4.69, 9.17) is 10.4 Å². The molecule has 0 heterocycles. The maximum Gasteiger partial charge on any atom is 0.303 e. The smallest absolute Gasteiger partial charge is 0.303 e. The number of carbonyl (C=O) groups is 1. The maximum atomic E-state index is 9.60. The minimum atomic E-state index is -0.711. The molecule has 0 spiro atoms. The summed E-state index contributed by atoms with van der Waals surface area (Å²) in [5.41, 5.74) is 0. The van der Waals surface area contributed by atoms with Crippen LogP contribution in [-0.4, -0.2) is 11.1 Å². The highest BCUT2D eigenvalue weighted by atomic mass is 16.4. The molecule has 0 saturated carbocycles. The second kappa shape index (κ2) is 10.6.